The molecule has 2 fully saturated rings. The summed E-state index contributed by atoms with van der Waals surface area (Å²) in [7, 11) is 1.10. The largest absolute Gasteiger partial charge is 0.772 e. The first-order valence-electron chi connectivity index (χ1n) is 15.6. The summed E-state index contributed by atoms with van der Waals surface area (Å²) >= 11 is 4.02. The highest BCUT2D eigenvalue weighted by Crippen LogP contribution is 2.35. The Morgan fingerprint density at radius 3 is 2.53 bits per heavy atom. The number of fused-ring (bicyclic) bond motifs is 1. The first-order chi connectivity index (χ1) is 23.3. The third-order valence-electron chi connectivity index (χ3n) is 8.91. The van der Waals surface area contributed by atoms with Crippen molar-refractivity contribution in [1.82, 2.24) is 20.5 Å². The van der Waals surface area contributed by atoms with Crippen molar-refractivity contribution in [2.24, 2.45) is 0 Å². The summed E-state index contributed by atoms with van der Waals surface area (Å²) in [5, 5.41) is 9.12. The predicted molar refractivity (Wildman–Crippen MR) is 174 cm³/mol. The number of nitrogens with zero attached hydrogens (tertiary/aromatic N) is 2. The van der Waals surface area contributed by atoms with Crippen LogP contribution in [0.1, 0.15) is 47.6 Å². The molecular formula is C33H35ClF4N5O5S-. The lowest BCUT2D eigenvalue weighted by Crippen LogP contribution is -2.49. The number of benzene rings is 2. The molecule has 0 radical (unpaired) electrons. The van der Waals surface area contributed by atoms with E-state index >= 15 is 4.39 Å². The number of methoxy groups -OCH3 is 1. The van der Waals surface area contributed by atoms with Gasteiger partial charge in [0.1, 0.15) is 17.6 Å². The maximum Gasteiger partial charge on any atom is 0.433 e. The Balaban J connectivity index is 1.36. The first-order valence-corrected chi connectivity index (χ1v) is 17.2. The Morgan fingerprint density at radius 2 is 1.88 bits per heavy atom. The molecule has 264 valence electrons. The van der Waals surface area contributed by atoms with E-state index in [1.54, 1.807) is 12.1 Å². The number of hydrogen-bond acceptors (Lipinski definition) is 8. The third-order valence-corrected chi connectivity index (χ3v) is 9.78. The van der Waals surface area contributed by atoms with Crippen molar-refractivity contribution in [3.05, 3.63) is 94.0 Å². The lowest BCUT2D eigenvalue weighted by Gasteiger charge is -2.31. The minimum atomic E-state index is -4.70. The van der Waals surface area contributed by atoms with Crippen molar-refractivity contribution >= 4 is 40.4 Å². The van der Waals surface area contributed by atoms with E-state index in [1.165, 1.54) is 36.4 Å². The number of piperazine rings is 1. The number of alkyl carbamates (subject to hydrolysis) is 1. The smallest absolute Gasteiger partial charge is 0.433 e. The summed E-state index contributed by atoms with van der Waals surface area (Å²) < 4.78 is 81.9. The van der Waals surface area contributed by atoms with Crippen LogP contribution in [-0.4, -0.2) is 80.8 Å². The lowest BCUT2D eigenvalue weighted by molar-refractivity contribution is -0.141. The number of rotatable bonds is 13. The molecule has 0 bridgehead atoms. The normalized spacial score (nSPS) is 21.9. The number of halogens is 5. The maximum absolute atomic E-state index is 15.3. The summed E-state index contributed by atoms with van der Waals surface area (Å²) in [6.07, 6.45) is -2.53. The van der Waals surface area contributed by atoms with Gasteiger partial charge in [0.05, 0.1) is 7.11 Å². The summed E-state index contributed by atoms with van der Waals surface area (Å²) in [6.45, 7) is 1.54. The van der Waals surface area contributed by atoms with E-state index in [2.05, 4.69) is 25.8 Å². The van der Waals surface area contributed by atoms with Gasteiger partial charge in [-0.15, -0.1) is 0 Å². The van der Waals surface area contributed by atoms with Crippen LogP contribution >= 0.6 is 11.6 Å². The van der Waals surface area contributed by atoms with Gasteiger partial charge < -0.3 is 25.2 Å². The number of carbonyl (C=O) groups excluding carboxylic acids is 2. The van der Waals surface area contributed by atoms with Crippen LogP contribution in [0.4, 0.5) is 28.0 Å². The number of nitrogens with one attached hydrogen (secondary N) is 3. The zero-order valence-electron chi connectivity index (χ0n) is 26.3. The highest BCUT2D eigenvalue weighted by atomic mass is 35.5. The molecule has 2 aliphatic heterocycles. The number of anilines is 1. The van der Waals surface area contributed by atoms with Gasteiger partial charge in [-0.25, -0.2) is 9.18 Å². The van der Waals surface area contributed by atoms with Crippen LogP contribution in [-0.2, 0) is 33.2 Å². The molecule has 3 N–H and O–H groups in total. The molecule has 2 amide bonds. The van der Waals surface area contributed by atoms with Crippen LogP contribution in [0, 0.1) is 5.82 Å². The van der Waals surface area contributed by atoms with Crippen molar-refractivity contribution < 1.29 is 40.6 Å². The van der Waals surface area contributed by atoms with Crippen LogP contribution in [0.25, 0.3) is 0 Å². The minimum absolute atomic E-state index is 0.0586. The average molecular weight is 725 g/mol. The van der Waals surface area contributed by atoms with Gasteiger partial charge in [0.2, 0.25) is 5.91 Å². The van der Waals surface area contributed by atoms with E-state index in [9.17, 15) is 31.5 Å². The monoisotopic (exact) mass is 724 g/mol. The Kier molecular flexibility index (Phi) is 11.9. The molecule has 0 spiro atoms. The standard InChI is InChI=1S/C33H36ClF4N5O5S/c1-48-32(45)42-30(29(19-7-10-21(34)11-8-19)20-9-14-28(40-16-20)33(36,37)38)31(44)41-25-6-2-5-24(35)23(25)12-13-26-27-18-43(27)22(17-39-26)4-3-15-49(46)47/h2,5-11,14,16,22,26-27,29-30,39H,3-4,12-13,15,17-18H2,1H3,(H,41,44)(H,42,45)(H,46,47)/p-1/t22?,26?,27?,29-,30-,43?/m0/s1. The van der Waals surface area contributed by atoms with Gasteiger partial charge >= 0.3 is 12.3 Å². The Morgan fingerprint density at radius 1 is 1.14 bits per heavy atom. The van der Waals surface area contributed by atoms with Crippen molar-refractivity contribution in [1.29, 1.82) is 0 Å². The molecule has 7 atom stereocenters. The molecule has 16 heteroatoms. The zero-order valence-corrected chi connectivity index (χ0v) is 27.9. The van der Waals surface area contributed by atoms with Crippen molar-refractivity contribution in [3.63, 3.8) is 0 Å². The molecule has 49 heavy (non-hydrogen) atoms. The maximum atomic E-state index is 15.3. The number of pyridine rings is 1. The van der Waals surface area contributed by atoms with E-state index in [1.807, 2.05) is 0 Å². The molecule has 2 aromatic carbocycles. The average Bonchev–Trinajstić information content (AvgIpc) is 3.87. The minimum Gasteiger partial charge on any atom is -0.772 e. The molecule has 5 rings (SSSR count). The molecule has 2 saturated heterocycles. The summed E-state index contributed by atoms with van der Waals surface area (Å²) in [6, 6.07) is 11.5. The van der Waals surface area contributed by atoms with Gasteiger partial charge in [-0.3, -0.25) is 18.9 Å². The molecule has 10 nitrogen and oxygen atoms in total. The fourth-order valence-electron chi connectivity index (χ4n) is 6.42. The number of carbonyl (C=O) groups is 2. The number of ether oxygens (including phenoxy) is 1. The molecule has 3 heterocycles. The number of alkyl halides is 3. The molecular weight excluding hydrogens is 690 g/mol. The van der Waals surface area contributed by atoms with E-state index in [0.717, 1.165) is 32.3 Å². The Hall–Kier alpha value is -3.63. The molecule has 0 aliphatic carbocycles. The number of hydrogen-bond donors (Lipinski definition) is 3. The van der Waals surface area contributed by atoms with Crippen LogP contribution in [0.15, 0.2) is 60.8 Å². The molecule has 3 aromatic rings. The second kappa shape index (κ2) is 15.9. The van der Waals surface area contributed by atoms with E-state index in [4.69, 9.17) is 16.3 Å². The fourth-order valence-corrected chi connectivity index (χ4v) is 6.95. The van der Waals surface area contributed by atoms with Gasteiger partial charge in [0.25, 0.3) is 0 Å². The Bertz CT molecular complexity index is 1650. The lowest BCUT2D eigenvalue weighted by atomic mass is 9.85. The van der Waals surface area contributed by atoms with Crippen LogP contribution in [0.5, 0.6) is 0 Å². The summed E-state index contributed by atoms with van der Waals surface area (Å²) in [5.41, 5.74) is -0.0936. The number of aromatic nitrogens is 1. The summed E-state index contributed by atoms with van der Waals surface area (Å²) in [4.78, 5) is 32.5. The van der Waals surface area contributed by atoms with E-state index in [-0.39, 0.29) is 47.1 Å². The van der Waals surface area contributed by atoms with E-state index < -0.39 is 52.7 Å². The quantitative estimate of drug-likeness (QED) is 0.127. The second-order valence-corrected chi connectivity index (χ2v) is 13.4. The van der Waals surface area contributed by atoms with E-state index in [0.29, 0.717) is 30.0 Å². The predicted octanol–water partition coefficient (Wildman–Crippen LogP) is 5.00. The van der Waals surface area contributed by atoms with Gasteiger partial charge in [0.15, 0.2) is 0 Å². The SMILES string of the molecule is COC(=O)N[C@H](C(=O)Nc1cccc(F)c1CCC1NCC(CCCS(=O)[O-])N2CC12)[C@@H](c1ccc(Cl)cc1)c1ccc(C(F)(F)F)nc1. The molecule has 0 saturated carbocycles. The van der Waals surface area contributed by atoms with Crippen molar-refractivity contribution in [3.8, 4) is 0 Å². The topological polar surface area (TPSA) is 135 Å². The van der Waals surface area contributed by atoms with Crippen LogP contribution in [0.2, 0.25) is 5.02 Å². The highest BCUT2D eigenvalue weighted by molar-refractivity contribution is 7.79. The molecule has 2 aliphatic rings. The van der Waals surface area contributed by atoms with Crippen LogP contribution < -0.4 is 16.0 Å². The highest BCUT2D eigenvalue weighted by Gasteiger charge is 2.47. The Labute approximate surface area is 288 Å². The fraction of sp³-hybridized carbons (Fsp3) is 0.424. The van der Waals surface area contributed by atoms with Gasteiger partial charge in [0, 0.05) is 65.4 Å². The van der Waals surface area contributed by atoms with Crippen molar-refractivity contribution in [2.75, 3.05) is 31.3 Å². The zero-order chi connectivity index (χ0) is 35.3. The van der Waals surface area contributed by atoms with Gasteiger partial charge in [-0.05, 0) is 67.1 Å². The van der Waals surface area contributed by atoms with Crippen LogP contribution in [0.3, 0.4) is 0 Å². The number of amides is 2. The van der Waals surface area contributed by atoms with Gasteiger partial charge in [-0.2, -0.15) is 13.2 Å². The first kappa shape index (κ1) is 36.6. The molecule has 1 aromatic heterocycles. The second-order valence-electron chi connectivity index (χ2n) is 12.0. The molecule has 5 unspecified atom stereocenters. The summed E-state index contributed by atoms with van der Waals surface area (Å²) in [5.74, 6) is -2.25. The van der Waals surface area contributed by atoms with Gasteiger partial charge in [-0.1, -0.05) is 46.9 Å². The third kappa shape index (κ3) is 9.34. The van der Waals surface area contributed by atoms with Crippen molar-refractivity contribution in [2.45, 2.75) is 61.9 Å².